The summed E-state index contributed by atoms with van der Waals surface area (Å²) in [5, 5.41) is 2.53. The molecule has 1 aromatic heterocycles. The Morgan fingerprint density at radius 3 is 1.57 bits per heavy atom. The zero-order valence-corrected chi connectivity index (χ0v) is 28.8. The van der Waals surface area contributed by atoms with Crippen molar-refractivity contribution in [3.05, 3.63) is 216 Å². The molecule has 2 heteroatoms. The highest BCUT2D eigenvalue weighted by Gasteiger charge is 2.50. The molecule has 0 unspecified atom stereocenters. The number of rotatable bonds is 4. The Morgan fingerprint density at radius 2 is 0.830 bits per heavy atom. The summed E-state index contributed by atoms with van der Waals surface area (Å²) in [6.07, 6.45) is 0. The van der Waals surface area contributed by atoms with Crippen molar-refractivity contribution in [2.75, 3.05) is 0 Å². The highest BCUT2D eigenvalue weighted by molar-refractivity contribution is 5.97. The molecule has 1 aliphatic carbocycles. The second-order valence-electron chi connectivity index (χ2n) is 14.0. The van der Waals surface area contributed by atoms with Crippen molar-refractivity contribution in [1.29, 1.82) is 0 Å². The third-order valence-corrected chi connectivity index (χ3v) is 11.2. The van der Waals surface area contributed by atoms with Crippen LogP contribution in [0.3, 0.4) is 0 Å². The average Bonchev–Trinajstić information content (AvgIpc) is 3.84. The summed E-state index contributed by atoms with van der Waals surface area (Å²) in [7, 11) is 0. The molecule has 248 valence electrons. The summed E-state index contributed by atoms with van der Waals surface area (Å²) in [6.45, 7) is 0. The van der Waals surface area contributed by atoms with Crippen LogP contribution in [0.25, 0.3) is 66.8 Å². The first kappa shape index (κ1) is 29.8. The summed E-state index contributed by atoms with van der Waals surface area (Å²) in [5.74, 6) is 3.37. The predicted molar refractivity (Wildman–Crippen MR) is 215 cm³/mol. The number of para-hydroxylation sites is 1. The lowest BCUT2D eigenvalue weighted by Gasteiger charge is -2.39. The highest BCUT2D eigenvalue weighted by Crippen LogP contribution is 2.62. The summed E-state index contributed by atoms with van der Waals surface area (Å²) in [6, 6.07) is 69.3. The molecule has 0 radical (unpaired) electrons. The summed E-state index contributed by atoms with van der Waals surface area (Å²) in [4.78, 5) is 0. The maximum atomic E-state index is 6.71. The fourth-order valence-corrected chi connectivity index (χ4v) is 8.81. The van der Waals surface area contributed by atoms with Crippen molar-refractivity contribution in [2.24, 2.45) is 0 Å². The van der Waals surface area contributed by atoms with Crippen molar-refractivity contribution in [3.8, 4) is 67.5 Å². The first-order chi connectivity index (χ1) is 26.3. The van der Waals surface area contributed by atoms with Crippen LogP contribution in [0.1, 0.15) is 22.3 Å². The van der Waals surface area contributed by atoms with E-state index >= 15 is 0 Å². The molecule has 1 spiro atoms. The Morgan fingerprint density at radius 1 is 0.321 bits per heavy atom. The Bertz CT molecular complexity index is 2810. The molecule has 2 heterocycles. The lowest BCUT2D eigenvalue weighted by molar-refractivity contribution is 0.436. The topological polar surface area (TPSA) is 22.4 Å². The lowest BCUT2D eigenvalue weighted by atomic mass is 9.66. The van der Waals surface area contributed by atoms with Crippen molar-refractivity contribution in [3.63, 3.8) is 0 Å². The smallest absolute Gasteiger partial charge is 0.134 e. The van der Waals surface area contributed by atoms with Crippen LogP contribution < -0.4 is 4.74 Å². The average molecular weight is 677 g/mol. The normalized spacial score (nSPS) is 13.2. The van der Waals surface area contributed by atoms with Gasteiger partial charge in [-0.05, 0) is 79.5 Å². The number of hydrogen-bond donors (Lipinski definition) is 0. The Kier molecular flexibility index (Phi) is 6.50. The number of fused-ring (bicyclic) bond motifs is 10. The van der Waals surface area contributed by atoms with Crippen molar-refractivity contribution in [1.82, 2.24) is 0 Å². The molecule has 53 heavy (non-hydrogen) atoms. The SMILES string of the molecule is c1ccc2c(c1)Oc1cc(-c3ccc(-c4ccc(-c5ccc(-c6cccc7ccccc67)cc5)cc4)o3)ccc1C21c2ccccc2-c2ccccc21. The van der Waals surface area contributed by atoms with E-state index in [0.29, 0.717) is 0 Å². The lowest BCUT2D eigenvalue weighted by Crippen LogP contribution is -2.32. The van der Waals surface area contributed by atoms with Crippen molar-refractivity contribution < 1.29 is 9.15 Å². The zero-order chi connectivity index (χ0) is 34.9. The van der Waals surface area contributed by atoms with Gasteiger partial charge < -0.3 is 9.15 Å². The molecule has 2 aliphatic rings. The van der Waals surface area contributed by atoms with Gasteiger partial charge in [-0.25, -0.2) is 0 Å². The van der Waals surface area contributed by atoms with Crippen LogP contribution in [-0.4, -0.2) is 0 Å². The summed E-state index contributed by atoms with van der Waals surface area (Å²) < 4.78 is 13.2. The van der Waals surface area contributed by atoms with E-state index in [9.17, 15) is 0 Å². The minimum absolute atomic E-state index is 0.470. The minimum Gasteiger partial charge on any atom is -0.457 e. The summed E-state index contributed by atoms with van der Waals surface area (Å²) >= 11 is 0. The third-order valence-electron chi connectivity index (χ3n) is 11.2. The van der Waals surface area contributed by atoms with Gasteiger partial charge >= 0.3 is 0 Å². The third kappa shape index (κ3) is 4.46. The Balaban J connectivity index is 0.915. The van der Waals surface area contributed by atoms with E-state index in [1.807, 2.05) is 0 Å². The summed E-state index contributed by atoms with van der Waals surface area (Å²) in [5.41, 5.74) is 13.8. The largest absolute Gasteiger partial charge is 0.457 e. The van der Waals surface area contributed by atoms with E-state index < -0.39 is 5.41 Å². The van der Waals surface area contributed by atoms with Crippen LogP contribution in [0, 0.1) is 0 Å². The standard InChI is InChI=1S/C51H32O2/c1-2-12-39-35(10-1)11-9-15-40(39)36-24-20-33(21-25-36)34-22-26-37(27-23-34)47-30-31-48(52-47)38-28-29-46-50(32-38)53-49-19-8-7-18-45(49)51(46)43-16-5-3-13-41(43)42-14-4-6-17-44(42)51/h1-32H. The van der Waals surface area contributed by atoms with E-state index in [2.05, 4.69) is 194 Å². The molecule has 0 saturated carbocycles. The monoisotopic (exact) mass is 676 g/mol. The maximum absolute atomic E-state index is 6.71. The van der Waals surface area contributed by atoms with Gasteiger partial charge in [-0.15, -0.1) is 0 Å². The van der Waals surface area contributed by atoms with Gasteiger partial charge in [0.1, 0.15) is 23.0 Å². The maximum Gasteiger partial charge on any atom is 0.134 e. The second-order valence-corrected chi connectivity index (χ2v) is 14.0. The first-order valence-electron chi connectivity index (χ1n) is 18.2. The quantitative estimate of drug-likeness (QED) is 0.185. The molecule has 0 saturated heterocycles. The number of ether oxygens (including phenoxy) is 1. The predicted octanol–water partition coefficient (Wildman–Crippen LogP) is 13.6. The van der Waals surface area contributed by atoms with Gasteiger partial charge in [0.2, 0.25) is 0 Å². The van der Waals surface area contributed by atoms with Gasteiger partial charge in [0.15, 0.2) is 0 Å². The molecule has 0 bridgehead atoms. The molecule has 0 atom stereocenters. The van der Waals surface area contributed by atoms with Crippen LogP contribution >= 0.6 is 0 Å². The first-order valence-corrected chi connectivity index (χ1v) is 18.2. The number of benzene rings is 8. The van der Waals surface area contributed by atoms with E-state index in [0.717, 1.165) is 39.7 Å². The zero-order valence-electron chi connectivity index (χ0n) is 28.8. The minimum atomic E-state index is -0.470. The van der Waals surface area contributed by atoms with Crippen LogP contribution in [0.2, 0.25) is 0 Å². The molecule has 2 nitrogen and oxygen atoms in total. The van der Waals surface area contributed by atoms with Crippen LogP contribution in [-0.2, 0) is 5.41 Å². The second kappa shape index (κ2) is 11.6. The van der Waals surface area contributed by atoms with E-state index in [4.69, 9.17) is 9.15 Å². The van der Waals surface area contributed by atoms with E-state index in [-0.39, 0.29) is 0 Å². The van der Waals surface area contributed by atoms with Crippen LogP contribution in [0.5, 0.6) is 11.5 Å². The fourth-order valence-electron chi connectivity index (χ4n) is 8.81. The Hall–Kier alpha value is -6.90. The molecule has 0 amide bonds. The van der Waals surface area contributed by atoms with E-state index in [1.165, 1.54) is 60.8 Å². The van der Waals surface area contributed by atoms with Crippen LogP contribution in [0.4, 0.5) is 0 Å². The molecule has 8 aromatic carbocycles. The van der Waals surface area contributed by atoms with Gasteiger partial charge in [-0.1, -0.05) is 170 Å². The Labute approximate surface area is 308 Å². The van der Waals surface area contributed by atoms with Crippen molar-refractivity contribution in [2.45, 2.75) is 5.41 Å². The fraction of sp³-hybridized carbons (Fsp3) is 0.0196. The van der Waals surface area contributed by atoms with E-state index in [1.54, 1.807) is 0 Å². The van der Waals surface area contributed by atoms with Gasteiger partial charge in [0.05, 0.1) is 5.41 Å². The molecular weight excluding hydrogens is 645 g/mol. The van der Waals surface area contributed by atoms with Gasteiger partial charge in [-0.3, -0.25) is 0 Å². The van der Waals surface area contributed by atoms with Gasteiger partial charge in [0, 0.05) is 22.3 Å². The molecule has 9 aromatic rings. The molecular formula is C51H32O2. The number of hydrogen-bond acceptors (Lipinski definition) is 2. The van der Waals surface area contributed by atoms with Gasteiger partial charge in [-0.2, -0.15) is 0 Å². The highest BCUT2D eigenvalue weighted by atomic mass is 16.5. The molecule has 0 fully saturated rings. The van der Waals surface area contributed by atoms with Gasteiger partial charge in [0.25, 0.3) is 0 Å². The van der Waals surface area contributed by atoms with Crippen LogP contribution in [0.15, 0.2) is 199 Å². The number of furan rings is 1. The molecule has 0 N–H and O–H groups in total. The molecule has 11 rings (SSSR count). The van der Waals surface area contributed by atoms with Crippen molar-refractivity contribution >= 4 is 10.8 Å². The molecule has 1 aliphatic heterocycles.